The molecule has 12 heteroatoms. The van der Waals surface area contributed by atoms with Crippen LogP contribution in [-0.4, -0.2) is 98.9 Å². The van der Waals surface area contributed by atoms with E-state index in [9.17, 15) is 31.1 Å². The van der Waals surface area contributed by atoms with Crippen LogP contribution in [0.2, 0.25) is 0 Å². The number of carbonyl (C=O) groups is 1. The van der Waals surface area contributed by atoms with Gasteiger partial charge in [0.05, 0.1) is 37.0 Å². The third kappa shape index (κ3) is 8.83. The molecule has 2 aromatic rings. The molecule has 44 heavy (non-hydrogen) atoms. The summed E-state index contributed by atoms with van der Waals surface area (Å²) in [7, 11) is 1.66. The van der Waals surface area contributed by atoms with Crippen molar-refractivity contribution in [3.8, 4) is 0 Å². The molecule has 0 bridgehead atoms. The summed E-state index contributed by atoms with van der Waals surface area (Å²) in [5, 5.41) is 0. The first-order chi connectivity index (χ1) is 20.8. The van der Waals surface area contributed by atoms with E-state index in [1.807, 2.05) is 38.1 Å². The average Bonchev–Trinajstić information content (AvgIpc) is 2.97. The van der Waals surface area contributed by atoms with Gasteiger partial charge in [0.15, 0.2) is 0 Å². The largest absolute Gasteiger partial charge is 0.416 e. The number of hydrogen-bond acceptors (Lipinski definition) is 5. The highest BCUT2D eigenvalue weighted by atomic mass is 19.4. The lowest BCUT2D eigenvalue weighted by molar-refractivity contribution is -0.143. The van der Waals surface area contributed by atoms with Crippen LogP contribution in [0.25, 0.3) is 0 Å². The van der Waals surface area contributed by atoms with Crippen molar-refractivity contribution in [3.05, 3.63) is 81.9 Å². The third-order valence-electron chi connectivity index (χ3n) is 8.28. The summed E-state index contributed by atoms with van der Waals surface area (Å²) in [5.74, 6) is -0.845. The zero-order valence-corrected chi connectivity index (χ0v) is 25.2. The van der Waals surface area contributed by atoms with Crippen molar-refractivity contribution in [2.45, 2.75) is 44.7 Å². The third-order valence-corrected chi connectivity index (χ3v) is 8.28. The van der Waals surface area contributed by atoms with E-state index in [0.29, 0.717) is 58.0 Å². The first-order valence-electron chi connectivity index (χ1n) is 14.6. The maximum atomic E-state index is 13.6. The molecule has 0 aromatic heterocycles. The Bertz CT molecular complexity index is 1280. The van der Waals surface area contributed by atoms with Crippen molar-refractivity contribution < 1.29 is 40.6 Å². The van der Waals surface area contributed by atoms with Crippen LogP contribution in [-0.2, 0) is 28.2 Å². The normalized spacial score (nSPS) is 20.9. The number of hydrogen-bond donors (Lipinski definition) is 0. The van der Waals surface area contributed by atoms with Crippen LogP contribution in [0.1, 0.15) is 38.2 Å². The number of amides is 1. The molecule has 2 aliphatic rings. The lowest BCUT2D eigenvalue weighted by Crippen LogP contribution is -2.56. The lowest BCUT2D eigenvalue weighted by Gasteiger charge is -2.41. The molecule has 0 unspecified atom stereocenters. The van der Waals surface area contributed by atoms with Crippen LogP contribution >= 0.6 is 0 Å². The number of morpholine rings is 1. The number of nitrogens with zero attached hydrogens (tertiary/aromatic N) is 3. The van der Waals surface area contributed by atoms with E-state index in [1.54, 1.807) is 7.11 Å². The molecule has 0 N–H and O–H groups in total. The highest BCUT2D eigenvalue weighted by molar-refractivity contribution is 5.95. The van der Waals surface area contributed by atoms with Crippen molar-refractivity contribution in [2.24, 2.45) is 0 Å². The Kier molecular flexibility index (Phi) is 11.1. The molecule has 0 saturated carbocycles. The van der Waals surface area contributed by atoms with Gasteiger partial charge >= 0.3 is 12.4 Å². The molecule has 2 aliphatic heterocycles. The zero-order chi connectivity index (χ0) is 32.1. The minimum atomic E-state index is -5.04. The fraction of sp³-hybridized carbons (Fsp3) is 0.531. The number of aryl methyl sites for hydroxylation is 2. The minimum absolute atomic E-state index is 0.0437. The van der Waals surface area contributed by atoms with Gasteiger partial charge in [-0.2, -0.15) is 26.3 Å². The van der Waals surface area contributed by atoms with Gasteiger partial charge in [0.1, 0.15) is 0 Å². The number of carbonyl (C=O) groups excluding carboxylic acids is 1. The Balaban J connectivity index is 1.53. The predicted molar refractivity (Wildman–Crippen MR) is 155 cm³/mol. The molecular formula is C32H39F6N3O3. The number of ether oxygens (including phenoxy) is 2. The second kappa shape index (κ2) is 14.4. The average molecular weight is 628 g/mol. The van der Waals surface area contributed by atoms with Crippen molar-refractivity contribution in [2.75, 3.05) is 66.2 Å². The smallest absolute Gasteiger partial charge is 0.383 e. The van der Waals surface area contributed by atoms with E-state index in [0.717, 1.165) is 29.8 Å². The van der Waals surface area contributed by atoms with Gasteiger partial charge in [-0.3, -0.25) is 14.6 Å². The molecule has 1 amide bonds. The lowest BCUT2D eigenvalue weighted by atomic mass is 9.97. The molecule has 2 atom stereocenters. The Labute approximate surface area is 254 Å². The van der Waals surface area contributed by atoms with Crippen molar-refractivity contribution in [3.63, 3.8) is 0 Å². The highest BCUT2D eigenvalue weighted by Crippen LogP contribution is 2.37. The van der Waals surface area contributed by atoms with Crippen molar-refractivity contribution in [1.82, 2.24) is 14.7 Å². The maximum Gasteiger partial charge on any atom is 0.416 e. The van der Waals surface area contributed by atoms with Gasteiger partial charge in [-0.05, 0) is 55.2 Å². The quantitative estimate of drug-likeness (QED) is 0.267. The van der Waals surface area contributed by atoms with E-state index in [2.05, 4.69) is 15.9 Å². The van der Waals surface area contributed by atoms with Crippen LogP contribution in [0.4, 0.5) is 26.3 Å². The van der Waals surface area contributed by atoms with Gasteiger partial charge in [-0.1, -0.05) is 30.4 Å². The fourth-order valence-electron chi connectivity index (χ4n) is 5.68. The summed E-state index contributed by atoms with van der Waals surface area (Å²) in [6.07, 6.45) is -5.54. The van der Waals surface area contributed by atoms with Gasteiger partial charge in [0.25, 0.3) is 5.91 Å². The standard InChI is InChI=1S/C32H39F6N3O3/c1-22-6-7-24(14-23(22)2)15-28-19-39(8-4-5-9-40-12-13-44-21-29(40)20-43-3)10-11-41(28)30(42)25-16-26(31(33,34)35)18-27(17-25)32(36,37)38/h4-7,14,16-18,28-29H,8-13,15,19-21H2,1-3H3/t28-,29-/m1/s1. The number of piperazine rings is 1. The summed E-state index contributed by atoms with van der Waals surface area (Å²) in [6.45, 7) is 8.88. The Hall–Kier alpha value is -2.93. The SMILES string of the molecule is COC[C@@H]1COCCN1CC=CCN1CCN(C(=O)c2cc(C(F)(F)F)cc(C(F)(F)F)c2)[C@H](Cc2ccc(C)c(C)c2)C1. The fourth-order valence-corrected chi connectivity index (χ4v) is 5.68. The molecule has 0 spiro atoms. The van der Waals surface area contributed by atoms with E-state index in [-0.39, 0.29) is 18.7 Å². The molecule has 2 fully saturated rings. The summed E-state index contributed by atoms with van der Waals surface area (Å²) in [5.41, 5.74) is -0.546. The molecule has 0 aliphatic carbocycles. The summed E-state index contributed by atoms with van der Waals surface area (Å²) in [4.78, 5) is 19.5. The van der Waals surface area contributed by atoms with Crippen LogP contribution in [0, 0.1) is 13.8 Å². The maximum absolute atomic E-state index is 13.6. The van der Waals surface area contributed by atoms with E-state index in [1.165, 1.54) is 4.90 Å². The number of rotatable bonds is 9. The number of benzene rings is 2. The highest BCUT2D eigenvalue weighted by Gasteiger charge is 2.39. The van der Waals surface area contributed by atoms with Gasteiger partial charge in [-0.25, -0.2) is 0 Å². The Morgan fingerprint density at radius 2 is 1.59 bits per heavy atom. The van der Waals surface area contributed by atoms with Gasteiger partial charge in [-0.15, -0.1) is 0 Å². The molecule has 2 aromatic carbocycles. The minimum Gasteiger partial charge on any atom is -0.383 e. The van der Waals surface area contributed by atoms with Gasteiger partial charge in [0, 0.05) is 58.0 Å². The summed E-state index contributed by atoms with van der Waals surface area (Å²) in [6, 6.07) is 6.69. The molecule has 0 radical (unpaired) electrons. The van der Waals surface area contributed by atoms with Crippen molar-refractivity contribution in [1.29, 1.82) is 0 Å². The van der Waals surface area contributed by atoms with E-state index >= 15 is 0 Å². The number of methoxy groups -OCH3 is 1. The molecule has 2 heterocycles. The summed E-state index contributed by atoms with van der Waals surface area (Å²) < 4.78 is 92.0. The van der Waals surface area contributed by atoms with Crippen molar-refractivity contribution >= 4 is 5.91 Å². The van der Waals surface area contributed by atoms with E-state index in [4.69, 9.17) is 9.47 Å². The second-order valence-electron chi connectivity index (χ2n) is 11.5. The van der Waals surface area contributed by atoms with E-state index < -0.39 is 41.0 Å². The van der Waals surface area contributed by atoms with Gasteiger partial charge < -0.3 is 14.4 Å². The van der Waals surface area contributed by atoms with Crippen LogP contribution < -0.4 is 0 Å². The zero-order valence-electron chi connectivity index (χ0n) is 25.2. The van der Waals surface area contributed by atoms with Crippen LogP contribution in [0.15, 0.2) is 48.6 Å². The Morgan fingerprint density at radius 3 is 2.23 bits per heavy atom. The van der Waals surface area contributed by atoms with Crippen LogP contribution in [0.5, 0.6) is 0 Å². The molecule has 6 nitrogen and oxygen atoms in total. The first kappa shape index (κ1) is 34.0. The number of alkyl halides is 6. The summed E-state index contributed by atoms with van der Waals surface area (Å²) >= 11 is 0. The second-order valence-corrected chi connectivity index (χ2v) is 11.5. The molecule has 4 rings (SSSR count). The Morgan fingerprint density at radius 1 is 0.909 bits per heavy atom. The van der Waals surface area contributed by atoms with Crippen LogP contribution in [0.3, 0.4) is 0 Å². The molecule has 2 saturated heterocycles. The molecule has 242 valence electrons. The topological polar surface area (TPSA) is 45.3 Å². The number of halogens is 6. The monoisotopic (exact) mass is 627 g/mol. The first-order valence-corrected chi connectivity index (χ1v) is 14.6. The van der Waals surface area contributed by atoms with Gasteiger partial charge in [0.2, 0.25) is 0 Å². The molecular weight excluding hydrogens is 588 g/mol. The predicted octanol–water partition coefficient (Wildman–Crippen LogP) is 5.61.